The topological polar surface area (TPSA) is 45.0 Å². The summed E-state index contributed by atoms with van der Waals surface area (Å²) in [5.41, 5.74) is 0. The van der Waals surface area contributed by atoms with Crippen LogP contribution in [0.4, 0.5) is 0 Å². The van der Waals surface area contributed by atoms with E-state index in [1.165, 1.54) is 0 Å². The van der Waals surface area contributed by atoms with Gasteiger partial charge in [0.15, 0.2) is 0 Å². The summed E-state index contributed by atoms with van der Waals surface area (Å²) >= 11 is 0. The molecule has 15 heavy (non-hydrogen) atoms. The van der Waals surface area contributed by atoms with Gasteiger partial charge in [-0.2, -0.15) is 5.26 Å². The first-order valence-electron chi connectivity index (χ1n) is 5.99. The molecule has 0 rings (SSSR count). The number of nitrogens with zero attached hydrogens (tertiary/aromatic N) is 1. The third-order valence-corrected chi connectivity index (χ3v) is 2.30. The summed E-state index contributed by atoms with van der Waals surface area (Å²) in [5, 5.41) is 12.0. The number of nitrogens with one attached hydrogen (secondary N) is 1. The van der Waals surface area contributed by atoms with Crippen LogP contribution in [-0.2, 0) is 4.74 Å². The van der Waals surface area contributed by atoms with Gasteiger partial charge < -0.3 is 10.1 Å². The Kier molecular flexibility index (Phi) is 9.55. The molecule has 2 unspecified atom stereocenters. The van der Waals surface area contributed by atoms with Crippen LogP contribution >= 0.6 is 0 Å². The van der Waals surface area contributed by atoms with Crippen molar-refractivity contribution in [2.24, 2.45) is 0 Å². The van der Waals surface area contributed by atoms with Crippen LogP contribution in [-0.4, -0.2) is 25.3 Å². The Morgan fingerprint density at radius 3 is 2.53 bits per heavy atom. The first kappa shape index (κ1) is 14.4. The van der Waals surface area contributed by atoms with Gasteiger partial charge >= 0.3 is 0 Å². The van der Waals surface area contributed by atoms with Crippen LogP contribution in [0.2, 0.25) is 0 Å². The summed E-state index contributed by atoms with van der Waals surface area (Å²) < 4.78 is 5.60. The molecule has 0 saturated carbocycles. The highest BCUT2D eigenvalue weighted by molar-refractivity contribution is 4.89. The summed E-state index contributed by atoms with van der Waals surface area (Å²) in [7, 11) is 0. The monoisotopic (exact) mass is 212 g/mol. The number of nitriles is 1. The minimum atomic E-state index is -0.0567. The Hall–Kier alpha value is -0.590. The molecular weight excluding hydrogens is 188 g/mol. The fourth-order valence-electron chi connectivity index (χ4n) is 1.41. The average Bonchev–Trinajstić information content (AvgIpc) is 2.23. The Morgan fingerprint density at radius 2 is 2.00 bits per heavy atom. The molecule has 0 amide bonds. The second kappa shape index (κ2) is 9.95. The SMILES string of the molecule is CCCNC(C#N)CCOC(C)CCC. The third-order valence-electron chi connectivity index (χ3n) is 2.30. The molecule has 3 heteroatoms. The van der Waals surface area contributed by atoms with Crippen molar-refractivity contribution in [1.29, 1.82) is 5.26 Å². The van der Waals surface area contributed by atoms with Crippen molar-refractivity contribution < 1.29 is 4.74 Å². The van der Waals surface area contributed by atoms with Gasteiger partial charge in [-0.05, 0) is 32.7 Å². The van der Waals surface area contributed by atoms with E-state index in [-0.39, 0.29) is 6.04 Å². The van der Waals surface area contributed by atoms with E-state index in [2.05, 4.69) is 32.2 Å². The van der Waals surface area contributed by atoms with E-state index in [9.17, 15) is 0 Å². The second-order valence-electron chi connectivity index (χ2n) is 3.89. The molecule has 1 N–H and O–H groups in total. The molecule has 0 radical (unpaired) electrons. The zero-order chi connectivity index (χ0) is 11.5. The van der Waals surface area contributed by atoms with E-state index in [4.69, 9.17) is 10.00 Å². The fourth-order valence-corrected chi connectivity index (χ4v) is 1.41. The van der Waals surface area contributed by atoms with Crippen LogP contribution in [0.1, 0.15) is 46.5 Å². The first-order valence-corrected chi connectivity index (χ1v) is 5.99. The van der Waals surface area contributed by atoms with Crippen molar-refractivity contribution in [3.8, 4) is 6.07 Å². The van der Waals surface area contributed by atoms with Crippen molar-refractivity contribution in [2.45, 2.75) is 58.6 Å². The molecule has 2 atom stereocenters. The van der Waals surface area contributed by atoms with Gasteiger partial charge in [0.2, 0.25) is 0 Å². The quantitative estimate of drug-likeness (QED) is 0.638. The van der Waals surface area contributed by atoms with E-state index in [0.717, 1.165) is 32.2 Å². The van der Waals surface area contributed by atoms with Gasteiger partial charge in [-0.15, -0.1) is 0 Å². The van der Waals surface area contributed by atoms with Gasteiger partial charge in [-0.3, -0.25) is 0 Å². The highest BCUT2D eigenvalue weighted by Crippen LogP contribution is 2.02. The van der Waals surface area contributed by atoms with Gasteiger partial charge in [0.05, 0.1) is 18.2 Å². The van der Waals surface area contributed by atoms with Crippen molar-refractivity contribution in [2.75, 3.05) is 13.2 Å². The van der Waals surface area contributed by atoms with Crippen molar-refractivity contribution in [1.82, 2.24) is 5.32 Å². The molecule has 0 aliphatic heterocycles. The van der Waals surface area contributed by atoms with Crippen LogP contribution in [0.25, 0.3) is 0 Å². The summed E-state index contributed by atoms with van der Waals surface area (Å²) in [6, 6.07) is 2.19. The molecule has 0 aromatic rings. The predicted molar refractivity (Wildman–Crippen MR) is 62.6 cm³/mol. The van der Waals surface area contributed by atoms with E-state index in [0.29, 0.717) is 12.7 Å². The minimum Gasteiger partial charge on any atom is -0.378 e. The molecule has 0 aromatic carbocycles. The highest BCUT2D eigenvalue weighted by Gasteiger charge is 2.07. The van der Waals surface area contributed by atoms with E-state index < -0.39 is 0 Å². The Bertz CT molecular complexity index is 177. The molecule has 0 aromatic heterocycles. The van der Waals surface area contributed by atoms with Crippen molar-refractivity contribution in [3.05, 3.63) is 0 Å². The predicted octanol–water partition coefficient (Wildman–Crippen LogP) is 2.47. The molecule has 0 aliphatic carbocycles. The standard InChI is InChI=1S/C12H24N2O/c1-4-6-11(3)15-9-7-12(10-13)14-8-5-2/h11-12,14H,4-9H2,1-3H3. The van der Waals surface area contributed by atoms with Crippen molar-refractivity contribution >= 4 is 0 Å². The maximum absolute atomic E-state index is 8.85. The van der Waals surface area contributed by atoms with Gasteiger partial charge in [0.1, 0.15) is 0 Å². The minimum absolute atomic E-state index is 0.0567. The molecule has 3 nitrogen and oxygen atoms in total. The lowest BCUT2D eigenvalue weighted by Gasteiger charge is -2.14. The van der Waals surface area contributed by atoms with Gasteiger partial charge in [-0.25, -0.2) is 0 Å². The van der Waals surface area contributed by atoms with E-state index >= 15 is 0 Å². The molecule has 0 bridgehead atoms. The number of rotatable bonds is 9. The van der Waals surface area contributed by atoms with Gasteiger partial charge in [0.25, 0.3) is 0 Å². The summed E-state index contributed by atoms with van der Waals surface area (Å²) in [6.07, 6.45) is 4.41. The lowest BCUT2D eigenvalue weighted by molar-refractivity contribution is 0.0558. The van der Waals surface area contributed by atoms with Crippen molar-refractivity contribution in [3.63, 3.8) is 0 Å². The number of hydrogen-bond donors (Lipinski definition) is 1. The van der Waals surface area contributed by atoms with Crippen LogP contribution < -0.4 is 5.32 Å². The van der Waals surface area contributed by atoms with Gasteiger partial charge in [0, 0.05) is 6.61 Å². The molecule has 88 valence electrons. The largest absolute Gasteiger partial charge is 0.378 e. The zero-order valence-corrected chi connectivity index (χ0v) is 10.3. The highest BCUT2D eigenvalue weighted by atomic mass is 16.5. The molecular formula is C12H24N2O. The van der Waals surface area contributed by atoms with Gasteiger partial charge in [-0.1, -0.05) is 20.3 Å². The summed E-state index contributed by atoms with van der Waals surface area (Å²) in [6.45, 7) is 7.92. The normalized spacial score (nSPS) is 14.5. The second-order valence-corrected chi connectivity index (χ2v) is 3.89. The molecule has 0 saturated heterocycles. The molecule has 0 fully saturated rings. The maximum atomic E-state index is 8.85. The van der Waals surface area contributed by atoms with Crippen LogP contribution in [0, 0.1) is 11.3 Å². The van der Waals surface area contributed by atoms with Crippen LogP contribution in [0.3, 0.4) is 0 Å². The Labute approximate surface area is 93.8 Å². The molecule has 0 spiro atoms. The lowest BCUT2D eigenvalue weighted by atomic mass is 10.2. The Morgan fingerprint density at radius 1 is 1.27 bits per heavy atom. The van der Waals surface area contributed by atoms with E-state index in [1.807, 2.05) is 0 Å². The smallest absolute Gasteiger partial charge is 0.0975 e. The van der Waals surface area contributed by atoms with Crippen LogP contribution in [0.5, 0.6) is 0 Å². The first-order chi connectivity index (χ1) is 7.24. The third kappa shape index (κ3) is 8.41. The molecule has 0 heterocycles. The number of hydrogen-bond acceptors (Lipinski definition) is 3. The molecule has 0 aliphatic rings. The zero-order valence-electron chi connectivity index (χ0n) is 10.3. The summed E-state index contributed by atoms with van der Waals surface area (Å²) in [4.78, 5) is 0. The van der Waals surface area contributed by atoms with Crippen LogP contribution in [0.15, 0.2) is 0 Å². The summed E-state index contributed by atoms with van der Waals surface area (Å²) in [5.74, 6) is 0. The van der Waals surface area contributed by atoms with E-state index in [1.54, 1.807) is 0 Å². The number of ether oxygens (including phenoxy) is 1. The Balaban J connectivity index is 3.50. The fraction of sp³-hybridized carbons (Fsp3) is 0.917. The maximum Gasteiger partial charge on any atom is 0.0975 e. The average molecular weight is 212 g/mol. The lowest BCUT2D eigenvalue weighted by Crippen LogP contribution is -2.29.